The Kier molecular flexibility index (Phi) is 3.82. The molecule has 1 rings (SSSR count). The quantitative estimate of drug-likeness (QED) is 0.592. The number of hydrogen-bond donors (Lipinski definition) is 2. The largest absolute Gasteiger partial charge is 0.370 e. The zero-order valence-electron chi connectivity index (χ0n) is 7.83. The highest BCUT2D eigenvalue weighted by Crippen LogP contribution is 2.04. The van der Waals surface area contributed by atoms with Crippen LogP contribution in [0.3, 0.4) is 0 Å². The number of hydrogen-bond acceptors (Lipinski definition) is 3. The second-order valence-corrected chi connectivity index (χ2v) is 3.19. The number of primary amides is 1. The topological polar surface area (TPSA) is 75.4 Å². The van der Waals surface area contributed by atoms with E-state index in [0.717, 1.165) is 0 Å². The van der Waals surface area contributed by atoms with E-state index in [2.05, 4.69) is 5.32 Å². The van der Waals surface area contributed by atoms with Crippen LogP contribution in [0.5, 0.6) is 0 Å². The van der Waals surface area contributed by atoms with Gasteiger partial charge in [0, 0.05) is 19.6 Å². The van der Waals surface area contributed by atoms with E-state index < -0.39 is 18.6 Å². The maximum atomic E-state index is 12.0. The molecule has 1 heterocycles. The Morgan fingerprint density at radius 1 is 1.71 bits per heavy atom. The van der Waals surface area contributed by atoms with E-state index in [9.17, 15) is 14.0 Å². The fraction of sp³-hybridized carbons (Fsp3) is 0.750. The average Bonchev–Trinajstić information content (AvgIpc) is 2.11. The first-order valence-corrected chi connectivity index (χ1v) is 4.51. The molecule has 0 aromatic carbocycles. The average molecular weight is 203 g/mol. The fourth-order valence-electron chi connectivity index (χ4n) is 1.48. The Labute approximate surface area is 81.4 Å². The van der Waals surface area contributed by atoms with E-state index >= 15 is 0 Å². The summed E-state index contributed by atoms with van der Waals surface area (Å²) in [6, 6.07) is -0.576. The molecule has 1 aliphatic heterocycles. The van der Waals surface area contributed by atoms with Crippen molar-refractivity contribution in [2.45, 2.75) is 12.5 Å². The van der Waals surface area contributed by atoms with Crippen LogP contribution in [0.4, 0.5) is 4.39 Å². The van der Waals surface area contributed by atoms with Crippen LogP contribution in [0.25, 0.3) is 0 Å². The molecule has 3 N–H and O–H groups in total. The standard InChI is InChI=1S/C8H14FN3O2/c9-1-3-12-4-2-11-6(8(12)14)5-7(10)13/h6,11H,1-5H2,(H2,10,13). The van der Waals surface area contributed by atoms with Crippen LogP contribution in [0.15, 0.2) is 0 Å². The number of amides is 2. The summed E-state index contributed by atoms with van der Waals surface area (Å²) in [6.07, 6.45) is -0.0262. The van der Waals surface area contributed by atoms with Crippen molar-refractivity contribution in [3.8, 4) is 0 Å². The number of nitrogens with two attached hydrogens (primary N) is 1. The van der Waals surface area contributed by atoms with E-state index in [0.29, 0.717) is 13.1 Å². The molecule has 0 saturated carbocycles. The van der Waals surface area contributed by atoms with Crippen molar-refractivity contribution in [1.29, 1.82) is 0 Å². The van der Waals surface area contributed by atoms with Crippen LogP contribution in [-0.2, 0) is 9.59 Å². The molecule has 1 saturated heterocycles. The highest BCUT2D eigenvalue weighted by molar-refractivity contribution is 5.88. The molecule has 6 heteroatoms. The number of carbonyl (C=O) groups excluding carboxylic acids is 2. The van der Waals surface area contributed by atoms with Gasteiger partial charge in [-0.2, -0.15) is 0 Å². The summed E-state index contributed by atoms with van der Waals surface area (Å²) in [4.78, 5) is 23.6. The molecular weight excluding hydrogens is 189 g/mol. The molecule has 0 bridgehead atoms. The highest BCUT2D eigenvalue weighted by Gasteiger charge is 2.28. The van der Waals surface area contributed by atoms with Crippen molar-refractivity contribution >= 4 is 11.8 Å². The van der Waals surface area contributed by atoms with Crippen molar-refractivity contribution in [1.82, 2.24) is 10.2 Å². The Morgan fingerprint density at radius 2 is 2.43 bits per heavy atom. The van der Waals surface area contributed by atoms with Crippen LogP contribution in [0.1, 0.15) is 6.42 Å². The molecule has 0 aliphatic carbocycles. The van der Waals surface area contributed by atoms with E-state index in [4.69, 9.17) is 5.73 Å². The lowest BCUT2D eigenvalue weighted by Gasteiger charge is -2.31. The van der Waals surface area contributed by atoms with Gasteiger partial charge < -0.3 is 16.0 Å². The van der Waals surface area contributed by atoms with Gasteiger partial charge in [-0.05, 0) is 0 Å². The van der Waals surface area contributed by atoms with Crippen LogP contribution >= 0.6 is 0 Å². The lowest BCUT2D eigenvalue weighted by atomic mass is 10.1. The number of halogens is 1. The molecule has 80 valence electrons. The zero-order chi connectivity index (χ0) is 10.6. The summed E-state index contributed by atoms with van der Waals surface area (Å²) in [7, 11) is 0. The van der Waals surface area contributed by atoms with Crippen LogP contribution in [-0.4, -0.2) is 49.1 Å². The lowest BCUT2D eigenvalue weighted by Crippen LogP contribution is -2.56. The van der Waals surface area contributed by atoms with E-state index in [1.165, 1.54) is 4.90 Å². The molecule has 2 amide bonds. The van der Waals surface area contributed by atoms with Gasteiger partial charge in [0.2, 0.25) is 11.8 Å². The summed E-state index contributed by atoms with van der Waals surface area (Å²) in [5.74, 6) is -0.773. The molecular formula is C8H14FN3O2. The van der Waals surface area contributed by atoms with Crippen molar-refractivity contribution in [3.05, 3.63) is 0 Å². The molecule has 1 aliphatic rings. The second kappa shape index (κ2) is 4.90. The van der Waals surface area contributed by atoms with Crippen molar-refractivity contribution < 1.29 is 14.0 Å². The predicted molar refractivity (Wildman–Crippen MR) is 48.2 cm³/mol. The van der Waals surface area contributed by atoms with Crippen LogP contribution < -0.4 is 11.1 Å². The molecule has 0 spiro atoms. The summed E-state index contributed by atoms with van der Waals surface area (Å²) >= 11 is 0. The van der Waals surface area contributed by atoms with Gasteiger partial charge in [-0.3, -0.25) is 9.59 Å². The molecule has 1 fully saturated rings. The molecule has 5 nitrogen and oxygen atoms in total. The van der Waals surface area contributed by atoms with Crippen LogP contribution in [0.2, 0.25) is 0 Å². The Bertz CT molecular complexity index is 233. The first-order valence-electron chi connectivity index (χ1n) is 4.51. The Balaban J connectivity index is 2.52. The monoisotopic (exact) mass is 203 g/mol. The fourth-order valence-corrected chi connectivity index (χ4v) is 1.48. The minimum absolute atomic E-state index is 0.0262. The van der Waals surface area contributed by atoms with Crippen LogP contribution in [0, 0.1) is 0 Å². The third kappa shape index (κ3) is 2.66. The first kappa shape index (κ1) is 10.9. The summed E-state index contributed by atoms with van der Waals surface area (Å²) in [6.45, 7) is 0.590. The van der Waals surface area contributed by atoms with E-state index in [-0.39, 0.29) is 18.9 Å². The molecule has 1 atom stereocenters. The van der Waals surface area contributed by atoms with E-state index in [1.54, 1.807) is 0 Å². The summed E-state index contributed by atoms with van der Waals surface area (Å²) in [5, 5.41) is 2.87. The van der Waals surface area contributed by atoms with Gasteiger partial charge in [0.15, 0.2) is 0 Å². The first-order chi connectivity index (χ1) is 6.65. The van der Waals surface area contributed by atoms with E-state index in [1.807, 2.05) is 0 Å². The lowest BCUT2D eigenvalue weighted by molar-refractivity contribution is -0.137. The number of nitrogens with zero attached hydrogens (tertiary/aromatic N) is 1. The minimum Gasteiger partial charge on any atom is -0.370 e. The summed E-state index contributed by atoms with van der Waals surface area (Å²) in [5.41, 5.74) is 4.98. The van der Waals surface area contributed by atoms with Crippen molar-refractivity contribution in [2.75, 3.05) is 26.3 Å². The third-order valence-electron chi connectivity index (χ3n) is 2.14. The van der Waals surface area contributed by atoms with Gasteiger partial charge in [0.05, 0.1) is 12.5 Å². The number of nitrogens with one attached hydrogen (secondary N) is 1. The number of piperazine rings is 1. The Hall–Kier alpha value is -1.17. The van der Waals surface area contributed by atoms with Gasteiger partial charge in [0.25, 0.3) is 0 Å². The highest BCUT2D eigenvalue weighted by atomic mass is 19.1. The van der Waals surface area contributed by atoms with Crippen molar-refractivity contribution in [2.24, 2.45) is 5.73 Å². The Morgan fingerprint density at radius 3 is 3.00 bits per heavy atom. The maximum Gasteiger partial charge on any atom is 0.240 e. The molecule has 14 heavy (non-hydrogen) atoms. The smallest absolute Gasteiger partial charge is 0.240 e. The molecule has 1 unspecified atom stereocenters. The molecule has 0 aromatic rings. The number of alkyl halides is 1. The van der Waals surface area contributed by atoms with Gasteiger partial charge in [-0.1, -0.05) is 0 Å². The normalized spacial score (nSPS) is 22.5. The van der Waals surface area contributed by atoms with Gasteiger partial charge >= 0.3 is 0 Å². The minimum atomic E-state index is -0.576. The SMILES string of the molecule is NC(=O)CC1NCCN(CCF)C1=O. The van der Waals surface area contributed by atoms with Crippen molar-refractivity contribution in [3.63, 3.8) is 0 Å². The maximum absolute atomic E-state index is 12.0. The van der Waals surface area contributed by atoms with Gasteiger partial charge in [-0.25, -0.2) is 4.39 Å². The van der Waals surface area contributed by atoms with Gasteiger partial charge in [0.1, 0.15) is 6.67 Å². The third-order valence-corrected chi connectivity index (χ3v) is 2.14. The summed E-state index contributed by atoms with van der Waals surface area (Å²) < 4.78 is 12.0. The van der Waals surface area contributed by atoms with Gasteiger partial charge in [-0.15, -0.1) is 0 Å². The molecule has 0 aromatic heterocycles. The predicted octanol–water partition coefficient (Wildman–Crippen LogP) is -1.37. The zero-order valence-corrected chi connectivity index (χ0v) is 7.83. The number of rotatable bonds is 4. The second-order valence-electron chi connectivity index (χ2n) is 3.19. The number of carbonyl (C=O) groups is 2. The molecule has 0 radical (unpaired) electrons.